The maximum Gasteiger partial charge on any atom is 0.334 e. The predicted octanol–water partition coefficient (Wildman–Crippen LogP) is 1.81. The second-order valence-electron chi connectivity index (χ2n) is 6.69. The lowest BCUT2D eigenvalue weighted by atomic mass is 9.53. The minimum absolute atomic E-state index is 0.0178. The summed E-state index contributed by atoms with van der Waals surface area (Å²) in [6.45, 7) is 0. The highest BCUT2D eigenvalue weighted by Gasteiger charge is 2.54. The maximum atomic E-state index is 12.1. The molecule has 4 fully saturated rings. The topological polar surface area (TPSA) is 49.6 Å². The van der Waals surface area contributed by atoms with Crippen molar-refractivity contribution in [2.75, 3.05) is 14.1 Å². The molecule has 17 heavy (non-hydrogen) atoms. The van der Waals surface area contributed by atoms with Gasteiger partial charge in [0.15, 0.2) is 0 Å². The van der Waals surface area contributed by atoms with Crippen LogP contribution in [0, 0.1) is 17.8 Å². The summed E-state index contributed by atoms with van der Waals surface area (Å²) in [5, 5.41) is 1.57. The van der Waals surface area contributed by atoms with Crippen LogP contribution in [-0.2, 0) is 0 Å². The lowest BCUT2D eigenvalue weighted by Gasteiger charge is -2.59. The van der Waals surface area contributed by atoms with E-state index in [0.29, 0.717) is 0 Å². The van der Waals surface area contributed by atoms with Gasteiger partial charge in [-0.15, -0.1) is 0 Å². The number of carbonyl (C=O) groups is 1. The smallest absolute Gasteiger partial charge is 0.330 e. The number of nitrogens with two attached hydrogens (primary N) is 1. The molecule has 4 bridgehead atoms. The lowest BCUT2D eigenvalue weighted by molar-refractivity contribution is -0.0742. The number of carbonyl (C=O) groups excluding carboxylic acids is 1. The molecule has 4 heteroatoms. The number of urea groups is 1. The molecule has 4 saturated carbocycles. The zero-order valence-electron chi connectivity index (χ0n) is 10.9. The fourth-order valence-electron chi connectivity index (χ4n) is 4.78. The molecule has 0 aromatic heterocycles. The zero-order valence-corrected chi connectivity index (χ0v) is 10.9. The maximum absolute atomic E-state index is 12.1. The summed E-state index contributed by atoms with van der Waals surface area (Å²) < 4.78 is 0. The molecule has 0 spiro atoms. The summed E-state index contributed by atoms with van der Waals surface area (Å²) >= 11 is 0. The molecule has 0 aliphatic heterocycles. The van der Waals surface area contributed by atoms with Gasteiger partial charge in [-0.1, -0.05) is 0 Å². The minimum atomic E-state index is -0.0352. The summed E-state index contributed by atoms with van der Waals surface area (Å²) in [6.07, 6.45) is 7.54. The van der Waals surface area contributed by atoms with Crippen LogP contribution in [0.15, 0.2) is 0 Å². The SMILES string of the molecule is CN(C)C(=O)N(N)C12CC3CC(CC(C3)C1)C2. The first-order chi connectivity index (χ1) is 8.00. The van der Waals surface area contributed by atoms with Crippen LogP contribution >= 0.6 is 0 Å². The van der Waals surface area contributed by atoms with Gasteiger partial charge in [0.2, 0.25) is 0 Å². The average Bonchev–Trinajstić information content (AvgIpc) is 2.25. The molecule has 2 N–H and O–H groups in total. The Bertz CT molecular complexity index is 304. The number of hydrogen-bond donors (Lipinski definition) is 1. The highest BCUT2D eigenvalue weighted by molar-refractivity contribution is 5.74. The van der Waals surface area contributed by atoms with Gasteiger partial charge in [-0.25, -0.2) is 10.6 Å². The third kappa shape index (κ3) is 1.65. The normalized spacial score (nSPS) is 42.6. The van der Waals surface area contributed by atoms with Gasteiger partial charge in [0.05, 0.1) is 5.54 Å². The molecule has 0 aromatic rings. The van der Waals surface area contributed by atoms with Crippen LogP contribution in [-0.4, -0.2) is 35.6 Å². The Hall–Kier alpha value is -0.770. The van der Waals surface area contributed by atoms with E-state index < -0.39 is 0 Å². The van der Waals surface area contributed by atoms with E-state index in [4.69, 9.17) is 5.84 Å². The molecule has 0 saturated heterocycles. The van der Waals surface area contributed by atoms with Gasteiger partial charge >= 0.3 is 6.03 Å². The Balaban J connectivity index is 1.84. The van der Waals surface area contributed by atoms with Crippen LogP contribution in [0.25, 0.3) is 0 Å². The quantitative estimate of drug-likeness (QED) is 0.429. The van der Waals surface area contributed by atoms with Crippen molar-refractivity contribution in [3.63, 3.8) is 0 Å². The summed E-state index contributed by atoms with van der Waals surface area (Å²) in [5.74, 6) is 8.62. The van der Waals surface area contributed by atoms with Crippen LogP contribution in [0.4, 0.5) is 4.79 Å². The number of hydrazine groups is 1. The van der Waals surface area contributed by atoms with Crippen LogP contribution in [0.3, 0.4) is 0 Å². The lowest BCUT2D eigenvalue weighted by Crippen LogP contribution is -2.65. The second-order valence-corrected chi connectivity index (χ2v) is 6.69. The molecule has 0 atom stereocenters. The molecule has 4 nitrogen and oxygen atoms in total. The fourth-order valence-corrected chi connectivity index (χ4v) is 4.78. The van der Waals surface area contributed by atoms with Crippen molar-refractivity contribution in [2.45, 2.75) is 44.1 Å². The summed E-state index contributed by atoms with van der Waals surface area (Å²) in [4.78, 5) is 13.7. The van der Waals surface area contributed by atoms with E-state index in [9.17, 15) is 4.79 Å². The first-order valence-electron chi connectivity index (χ1n) is 6.76. The standard InChI is InChI=1S/C13H23N3O/c1-15(2)12(17)16(14)13-6-9-3-10(7-13)5-11(4-9)8-13/h9-11H,3-8,14H2,1-2H3. The van der Waals surface area contributed by atoms with Crippen LogP contribution in [0.2, 0.25) is 0 Å². The molecule has 4 aliphatic carbocycles. The molecule has 96 valence electrons. The van der Waals surface area contributed by atoms with Crippen molar-refractivity contribution >= 4 is 6.03 Å². The average molecular weight is 237 g/mol. The molecule has 0 unspecified atom stereocenters. The molecule has 0 radical (unpaired) electrons. The van der Waals surface area contributed by atoms with Crippen LogP contribution in [0.1, 0.15) is 38.5 Å². The zero-order chi connectivity index (χ0) is 12.2. The predicted molar refractivity (Wildman–Crippen MR) is 66.0 cm³/mol. The van der Waals surface area contributed by atoms with Crippen molar-refractivity contribution in [3.05, 3.63) is 0 Å². The van der Waals surface area contributed by atoms with Crippen LogP contribution < -0.4 is 5.84 Å². The number of amides is 2. The molecule has 4 rings (SSSR count). The summed E-state index contributed by atoms with van der Waals surface area (Å²) in [5.41, 5.74) is -0.0178. The minimum Gasteiger partial charge on any atom is -0.330 e. The molecular weight excluding hydrogens is 214 g/mol. The number of rotatable bonds is 1. The third-order valence-corrected chi connectivity index (χ3v) is 5.11. The monoisotopic (exact) mass is 237 g/mol. The van der Waals surface area contributed by atoms with Crippen molar-refractivity contribution < 1.29 is 4.79 Å². The second kappa shape index (κ2) is 3.61. The Morgan fingerprint density at radius 1 is 1.06 bits per heavy atom. The van der Waals surface area contributed by atoms with E-state index in [2.05, 4.69) is 0 Å². The van der Waals surface area contributed by atoms with Gasteiger partial charge in [-0.3, -0.25) is 5.01 Å². The molecule has 2 amide bonds. The van der Waals surface area contributed by atoms with Crippen LogP contribution in [0.5, 0.6) is 0 Å². The van der Waals surface area contributed by atoms with Crippen molar-refractivity contribution in [3.8, 4) is 0 Å². The van der Waals surface area contributed by atoms with Gasteiger partial charge < -0.3 is 4.90 Å². The Morgan fingerprint density at radius 2 is 1.47 bits per heavy atom. The van der Waals surface area contributed by atoms with E-state index in [1.165, 1.54) is 19.3 Å². The van der Waals surface area contributed by atoms with E-state index in [-0.39, 0.29) is 11.6 Å². The molecule has 0 heterocycles. The van der Waals surface area contributed by atoms with E-state index in [0.717, 1.165) is 37.0 Å². The van der Waals surface area contributed by atoms with Crippen molar-refractivity contribution in [2.24, 2.45) is 23.6 Å². The molecule has 0 aromatic carbocycles. The van der Waals surface area contributed by atoms with Gasteiger partial charge in [-0.2, -0.15) is 0 Å². The Kier molecular flexibility index (Phi) is 2.41. The highest BCUT2D eigenvalue weighted by atomic mass is 16.2. The van der Waals surface area contributed by atoms with Gasteiger partial charge in [0.1, 0.15) is 0 Å². The van der Waals surface area contributed by atoms with Gasteiger partial charge in [0.25, 0.3) is 0 Å². The Morgan fingerprint density at radius 3 is 1.82 bits per heavy atom. The summed E-state index contributed by atoms with van der Waals surface area (Å²) in [7, 11) is 3.56. The first kappa shape index (κ1) is 11.3. The number of nitrogens with zero attached hydrogens (tertiary/aromatic N) is 2. The largest absolute Gasteiger partial charge is 0.334 e. The summed E-state index contributed by atoms with van der Waals surface area (Å²) in [6, 6.07) is -0.0352. The third-order valence-electron chi connectivity index (χ3n) is 5.11. The molecular formula is C13H23N3O. The van der Waals surface area contributed by atoms with E-state index >= 15 is 0 Å². The van der Waals surface area contributed by atoms with Gasteiger partial charge in [0, 0.05) is 14.1 Å². The fraction of sp³-hybridized carbons (Fsp3) is 0.923. The highest BCUT2D eigenvalue weighted by Crippen LogP contribution is 2.57. The number of hydrogen-bond acceptors (Lipinski definition) is 2. The van der Waals surface area contributed by atoms with E-state index in [1.54, 1.807) is 24.0 Å². The van der Waals surface area contributed by atoms with Crippen molar-refractivity contribution in [1.29, 1.82) is 0 Å². The Labute approximate surface area is 103 Å². The molecule has 4 aliphatic rings. The van der Waals surface area contributed by atoms with Gasteiger partial charge in [-0.05, 0) is 56.3 Å². The first-order valence-corrected chi connectivity index (χ1v) is 6.76. The van der Waals surface area contributed by atoms with Crippen molar-refractivity contribution in [1.82, 2.24) is 9.91 Å². The van der Waals surface area contributed by atoms with E-state index in [1.807, 2.05) is 0 Å².